The molecule has 1 saturated heterocycles. The Balaban J connectivity index is 1.000. The number of hydrogen-bond donors (Lipinski definition) is 1. The summed E-state index contributed by atoms with van der Waals surface area (Å²) < 4.78 is 29.3. The number of nitrogens with zero attached hydrogens (tertiary/aromatic N) is 4. The maximum absolute atomic E-state index is 13.8. The average molecular weight is 657 g/mol. The molecule has 1 aromatic rings. The van der Waals surface area contributed by atoms with Crippen LogP contribution in [-0.2, 0) is 30.3 Å². The van der Waals surface area contributed by atoms with E-state index in [2.05, 4.69) is 17.3 Å². The molecule has 0 amide bonds. The summed E-state index contributed by atoms with van der Waals surface area (Å²) in [4.78, 5) is 33.4. The van der Waals surface area contributed by atoms with Gasteiger partial charge in [0, 0.05) is 25.6 Å². The number of hydrogen-bond acceptors (Lipinski definition) is 9. The van der Waals surface area contributed by atoms with Crippen molar-refractivity contribution in [1.29, 1.82) is 0 Å². The van der Waals surface area contributed by atoms with E-state index in [0.717, 1.165) is 57.8 Å². The molecule has 260 valence electrons. The van der Waals surface area contributed by atoms with Gasteiger partial charge in [0.15, 0.2) is 0 Å². The Bertz CT molecular complexity index is 1430. The Kier molecular flexibility index (Phi) is 9.24. The van der Waals surface area contributed by atoms with Crippen LogP contribution in [0.5, 0.6) is 0 Å². The number of fused-ring (bicyclic) bond motifs is 4. The maximum atomic E-state index is 13.8. The first-order valence-electron chi connectivity index (χ1n) is 18.5. The van der Waals surface area contributed by atoms with Crippen LogP contribution in [0.3, 0.4) is 0 Å². The summed E-state index contributed by atoms with van der Waals surface area (Å²) in [7, 11) is 1.78. The summed E-state index contributed by atoms with van der Waals surface area (Å²) in [6.07, 6.45) is 18.1. The van der Waals surface area contributed by atoms with E-state index in [0.29, 0.717) is 30.7 Å². The second-order valence-electron chi connectivity index (χ2n) is 15.1. The Morgan fingerprint density at radius 2 is 1.60 bits per heavy atom. The first-order valence-corrected chi connectivity index (χ1v) is 18.5. The minimum Gasteiger partial charge on any atom is -0.393 e. The van der Waals surface area contributed by atoms with Crippen LogP contribution in [-0.4, -0.2) is 87.3 Å². The van der Waals surface area contributed by atoms with Crippen LogP contribution in [0.1, 0.15) is 108 Å². The molecule has 12 heteroatoms. The molecular formula is C35H52N4O8. The number of rotatable bonds is 8. The topological polar surface area (TPSA) is 131 Å². The number of epoxide rings is 1. The van der Waals surface area contributed by atoms with Crippen molar-refractivity contribution in [3.63, 3.8) is 0 Å². The van der Waals surface area contributed by atoms with Crippen LogP contribution in [0.4, 0.5) is 0 Å². The van der Waals surface area contributed by atoms with Gasteiger partial charge in [-0.15, -0.1) is 0 Å². The Labute approximate surface area is 276 Å². The van der Waals surface area contributed by atoms with Crippen molar-refractivity contribution >= 4 is 5.71 Å². The fraction of sp³-hybridized carbons (Fsp3) is 0.857. The van der Waals surface area contributed by atoms with Gasteiger partial charge in [0.2, 0.25) is 0 Å². The molecule has 7 aliphatic rings. The van der Waals surface area contributed by atoms with Gasteiger partial charge in [-0.25, -0.2) is 23.5 Å². The van der Waals surface area contributed by atoms with Gasteiger partial charge in [-0.3, -0.25) is 0 Å². The van der Waals surface area contributed by atoms with E-state index in [1.54, 1.807) is 7.11 Å². The molecule has 4 heterocycles. The molecule has 0 spiro atoms. The molecule has 47 heavy (non-hydrogen) atoms. The highest BCUT2D eigenvalue weighted by atomic mass is 16.7. The molecule has 0 unspecified atom stereocenters. The maximum Gasteiger partial charge on any atom is 0.347 e. The van der Waals surface area contributed by atoms with Crippen molar-refractivity contribution < 1.29 is 28.9 Å². The summed E-state index contributed by atoms with van der Waals surface area (Å²) in [5.41, 5.74) is 0.121. The van der Waals surface area contributed by atoms with Gasteiger partial charge in [0.1, 0.15) is 37.1 Å². The van der Waals surface area contributed by atoms with E-state index in [9.17, 15) is 14.7 Å². The number of methoxy groups -OCH3 is 1. The van der Waals surface area contributed by atoms with Gasteiger partial charge < -0.3 is 28.9 Å². The quantitative estimate of drug-likeness (QED) is 0.255. The first kappa shape index (κ1) is 32.0. The van der Waals surface area contributed by atoms with E-state index >= 15 is 0 Å². The Morgan fingerprint density at radius 3 is 2.34 bits per heavy atom. The zero-order chi connectivity index (χ0) is 32.1. The highest BCUT2D eigenvalue weighted by Crippen LogP contribution is 2.46. The van der Waals surface area contributed by atoms with Crippen molar-refractivity contribution in [2.45, 2.75) is 164 Å². The minimum atomic E-state index is -0.899. The van der Waals surface area contributed by atoms with Gasteiger partial charge in [-0.1, -0.05) is 55.8 Å². The molecule has 0 bridgehead atoms. The average Bonchev–Trinajstić information content (AvgIpc) is 3.88. The minimum absolute atomic E-state index is 0.0427. The van der Waals surface area contributed by atoms with Crippen molar-refractivity contribution in [3.05, 3.63) is 33.1 Å². The van der Waals surface area contributed by atoms with Crippen LogP contribution < -0.4 is 11.4 Å². The molecule has 12 nitrogen and oxygen atoms in total. The summed E-state index contributed by atoms with van der Waals surface area (Å²) in [6.45, 7) is 0.619. The molecule has 1 aromatic heterocycles. The van der Waals surface area contributed by atoms with E-state index in [4.69, 9.17) is 23.8 Å². The third-order valence-electron chi connectivity index (χ3n) is 12.3. The standard InChI is InChI=1S/C35H52N4O8/c1-43-23-12-14-24(15-13-23)45-27-17-16-26(21-8-4-2-5-9-21)46-28(27)20-44-36-29-25-18-19-37-34(41)38(22-10-6-3-7-11-22)35(42)39(37)30(25)31(40)33-32(29)47-33/h16-17,21-28,30-33,40H,2-15,18-20H2,1H3/b36-29-/t23?,24?,25-,26+,27+,28-,30-,31+,32-,33+/m1/s1. The smallest absolute Gasteiger partial charge is 0.347 e. The lowest BCUT2D eigenvalue weighted by atomic mass is 9.78. The third-order valence-corrected chi connectivity index (χ3v) is 12.3. The molecule has 8 atom stereocenters. The van der Waals surface area contributed by atoms with E-state index < -0.39 is 18.2 Å². The Hall–Kier alpha value is -2.25. The fourth-order valence-electron chi connectivity index (χ4n) is 9.59. The number of oxime groups is 1. The first-order chi connectivity index (χ1) is 23.0. The van der Waals surface area contributed by atoms with E-state index in [1.807, 2.05) is 0 Å². The molecule has 1 N–H and O–H groups in total. The molecule has 8 rings (SSSR count). The summed E-state index contributed by atoms with van der Waals surface area (Å²) in [6, 6.07) is -0.704. The third kappa shape index (κ3) is 6.11. The van der Waals surface area contributed by atoms with Crippen LogP contribution >= 0.6 is 0 Å². The molecule has 4 aliphatic carbocycles. The molecule has 0 radical (unpaired) electrons. The lowest BCUT2D eigenvalue weighted by Gasteiger charge is -2.39. The lowest BCUT2D eigenvalue weighted by molar-refractivity contribution is -0.148. The number of aliphatic hydroxyl groups excluding tert-OH is 1. The largest absolute Gasteiger partial charge is 0.393 e. The second-order valence-corrected chi connectivity index (χ2v) is 15.1. The number of ether oxygens (including phenoxy) is 4. The van der Waals surface area contributed by atoms with E-state index in [-0.39, 0.29) is 60.5 Å². The zero-order valence-corrected chi connectivity index (χ0v) is 27.7. The van der Waals surface area contributed by atoms with Crippen molar-refractivity contribution in [2.24, 2.45) is 17.0 Å². The van der Waals surface area contributed by atoms with E-state index in [1.165, 1.54) is 46.0 Å². The second kappa shape index (κ2) is 13.6. The summed E-state index contributed by atoms with van der Waals surface area (Å²) in [5, 5.41) is 16.0. The SMILES string of the molecule is COC1CCC(O[C@H]2C=C[C@@H](C3CCCCC3)O[C@@H]2CO/N=C2/[C@H]3CCn4c(=O)n(C5CCCCC5)c(=O)n4[C@H]3[C@H](O)[C@@H]3O[C@H]23)CC1. The lowest BCUT2D eigenvalue weighted by Crippen LogP contribution is -2.53. The zero-order valence-electron chi connectivity index (χ0n) is 27.7. The van der Waals surface area contributed by atoms with Crippen molar-refractivity contribution in [1.82, 2.24) is 13.9 Å². The number of aliphatic hydroxyl groups is 1. The highest BCUT2D eigenvalue weighted by Gasteiger charge is 2.61. The fourth-order valence-corrected chi connectivity index (χ4v) is 9.59. The van der Waals surface area contributed by atoms with Crippen LogP contribution in [0.15, 0.2) is 26.9 Å². The van der Waals surface area contributed by atoms with Gasteiger partial charge >= 0.3 is 11.4 Å². The Morgan fingerprint density at radius 1 is 0.872 bits per heavy atom. The van der Waals surface area contributed by atoms with Crippen molar-refractivity contribution in [3.8, 4) is 0 Å². The van der Waals surface area contributed by atoms with Gasteiger partial charge in [0.05, 0.1) is 30.1 Å². The molecule has 5 fully saturated rings. The predicted octanol–water partition coefficient (Wildman–Crippen LogP) is 3.64. The van der Waals surface area contributed by atoms with Crippen LogP contribution in [0.2, 0.25) is 0 Å². The van der Waals surface area contributed by atoms with Crippen LogP contribution in [0, 0.1) is 11.8 Å². The highest BCUT2D eigenvalue weighted by molar-refractivity contribution is 5.94. The molecule has 3 aliphatic heterocycles. The van der Waals surface area contributed by atoms with Gasteiger partial charge in [-0.05, 0) is 63.7 Å². The molecule has 0 aromatic carbocycles. The van der Waals surface area contributed by atoms with Crippen LogP contribution in [0.25, 0.3) is 0 Å². The van der Waals surface area contributed by atoms with Gasteiger partial charge in [0.25, 0.3) is 0 Å². The predicted molar refractivity (Wildman–Crippen MR) is 173 cm³/mol. The molecule has 4 saturated carbocycles. The van der Waals surface area contributed by atoms with Crippen molar-refractivity contribution in [2.75, 3.05) is 13.7 Å². The number of aromatic nitrogens is 3. The monoisotopic (exact) mass is 656 g/mol. The normalized spacial score (nSPS) is 40.1. The van der Waals surface area contributed by atoms with Gasteiger partial charge in [-0.2, -0.15) is 0 Å². The molecular weight excluding hydrogens is 604 g/mol. The summed E-state index contributed by atoms with van der Waals surface area (Å²) in [5.74, 6) is 0.241. The summed E-state index contributed by atoms with van der Waals surface area (Å²) >= 11 is 0.